The molecule has 0 bridgehead atoms. The molecular formula is C24H16Cl4N2O3. The van der Waals surface area contributed by atoms with Crippen molar-refractivity contribution in [1.29, 1.82) is 5.26 Å². The Kier molecular flexibility index (Phi) is 8.49. The van der Waals surface area contributed by atoms with Crippen LogP contribution in [0.25, 0.3) is 6.08 Å². The van der Waals surface area contributed by atoms with Crippen LogP contribution in [0.1, 0.15) is 11.1 Å². The Balaban J connectivity index is 1.78. The van der Waals surface area contributed by atoms with Crippen molar-refractivity contribution in [3.63, 3.8) is 0 Å². The Morgan fingerprint density at radius 3 is 2.39 bits per heavy atom. The average molecular weight is 522 g/mol. The van der Waals surface area contributed by atoms with E-state index in [9.17, 15) is 10.1 Å². The van der Waals surface area contributed by atoms with Gasteiger partial charge in [0.2, 0.25) is 0 Å². The first-order chi connectivity index (χ1) is 15.8. The standard InChI is InChI=1S/C24H16Cl4N2O3/c1-32-23-9-14(2-7-22(23)33-13-15-3-4-17(25)10-20(15)28)8-16(12-29)24(31)30-21-11-18(26)5-6-19(21)27/h2-11H,13H2,1H3,(H,30,31)/b16-8+. The van der Waals surface area contributed by atoms with Crippen LogP contribution in [-0.4, -0.2) is 13.0 Å². The molecule has 0 spiro atoms. The minimum Gasteiger partial charge on any atom is -0.493 e. The summed E-state index contributed by atoms with van der Waals surface area (Å²) >= 11 is 24.1. The summed E-state index contributed by atoms with van der Waals surface area (Å²) in [6, 6.07) is 16.7. The van der Waals surface area contributed by atoms with Crippen molar-refractivity contribution in [2.75, 3.05) is 12.4 Å². The lowest BCUT2D eigenvalue weighted by molar-refractivity contribution is -0.112. The summed E-state index contributed by atoms with van der Waals surface area (Å²) in [5.41, 5.74) is 1.50. The minimum atomic E-state index is -0.627. The van der Waals surface area contributed by atoms with Gasteiger partial charge in [-0.15, -0.1) is 0 Å². The smallest absolute Gasteiger partial charge is 0.266 e. The van der Waals surface area contributed by atoms with E-state index in [4.69, 9.17) is 55.9 Å². The Hall–Kier alpha value is -2.88. The maximum absolute atomic E-state index is 12.6. The molecule has 0 aliphatic heterocycles. The van der Waals surface area contributed by atoms with Crippen LogP contribution in [0.4, 0.5) is 5.69 Å². The van der Waals surface area contributed by atoms with Gasteiger partial charge in [0.1, 0.15) is 18.2 Å². The third kappa shape index (κ3) is 6.56. The molecule has 5 nitrogen and oxygen atoms in total. The molecule has 1 amide bonds. The molecule has 168 valence electrons. The number of anilines is 1. The van der Waals surface area contributed by atoms with Gasteiger partial charge < -0.3 is 14.8 Å². The molecule has 3 aromatic carbocycles. The van der Waals surface area contributed by atoms with Crippen molar-refractivity contribution in [1.82, 2.24) is 0 Å². The van der Waals surface area contributed by atoms with E-state index in [0.29, 0.717) is 42.8 Å². The molecule has 0 fully saturated rings. The number of nitrogens with zero attached hydrogens (tertiary/aromatic N) is 1. The quantitative estimate of drug-likeness (QED) is 0.259. The Labute approximate surface area is 211 Å². The number of hydrogen-bond donors (Lipinski definition) is 1. The van der Waals surface area contributed by atoms with Crippen LogP contribution in [0.3, 0.4) is 0 Å². The van der Waals surface area contributed by atoms with E-state index in [0.717, 1.165) is 5.56 Å². The number of benzene rings is 3. The summed E-state index contributed by atoms with van der Waals surface area (Å²) in [5, 5.41) is 13.8. The van der Waals surface area contributed by atoms with Gasteiger partial charge >= 0.3 is 0 Å². The molecule has 0 heterocycles. The first-order valence-electron chi connectivity index (χ1n) is 9.43. The number of rotatable bonds is 7. The highest BCUT2D eigenvalue weighted by molar-refractivity contribution is 6.36. The van der Waals surface area contributed by atoms with Gasteiger partial charge in [-0.3, -0.25) is 4.79 Å². The molecule has 0 aliphatic rings. The Morgan fingerprint density at radius 2 is 1.70 bits per heavy atom. The van der Waals surface area contributed by atoms with E-state index in [1.54, 1.807) is 48.5 Å². The zero-order valence-corrected chi connectivity index (χ0v) is 20.2. The lowest BCUT2D eigenvalue weighted by Crippen LogP contribution is -2.13. The minimum absolute atomic E-state index is 0.130. The van der Waals surface area contributed by atoms with Gasteiger partial charge in [0, 0.05) is 20.6 Å². The highest BCUT2D eigenvalue weighted by atomic mass is 35.5. The SMILES string of the molecule is COc1cc(/C=C(\C#N)C(=O)Nc2cc(Cl)ccc2Cl)ccc1OCc1ccc(Cl)cc1Cl. The third-order valence-corrected chi connectivity index (χ3v) is 5.59. The van der Waals surface area contributed by atoms with Gasteiger partial charge in [0.15, 0.2) is 11.5 Å². The van der Waals surface area contributed by atoms with Crippen molar-refractivity contribution >= 4 is 64.1 Å². The van der Waals surface area contributed by atoms with Crippen molar-refractivity contribution in [3.05, 3.63) is 91.4 Å². The molecule has 3 aromatic rings. The van der Waals surface area contributed by atoms with Gasteiger partial charge in [0.25, 0.3) is 5.91 Å². The summed E-state index contributed by atoms with van der Waals surface area (Å²) in [7, 11) is 1.49. The number of methoxy groups -OCH3 is 1. The van der Waals surface area contributed by atoms with Crippen molar-refractivity contribution in [2.45, 2.75) is 6.61 Å². The van der Waals surface area contributed by atoms with Crippen LogP contribution in [-0.2, 0) is 11.4 Å². The topological polar surface area (TPSA) is 71.3 Å². The molecule has 0 radical (unpaired) electrons. The summed E-state index contributed by atoms with van der Waals surface area (Å²) < 4.78 is 11.2. The van der Waals surface area contributed by atoms with Crippen molar-refractivity contribution in [3.8, 4) is 17.6 Å². The zero-order chi connectivity index (χ0) is 24.0. The molecule has 0 atom stereocenters. The number of halogens is 4. The normalized spacial score (nSPS) is 11.0. The second-order valence-electron chi connectivity index (χ2n) is 6.68. The van der Waals surface area contributed by atoms with Gasteiger partial charge in [0.05, 0.1) is 17.8 Å². The van der Waals surface area contributed by atoms with Crippen LogP contribution in [0.15, 0.2) is 60.2 Å². The van der Waals surface area contributed by atoms with Crippen LogP contribution in [0, 0.1) is 11.3 Å². The first-order valence-corrected chi connectivity index (χ1v) is 10.9. The molecule has 0 aromatic heterocycles. The second kappa shape index (κ2) is 11.3. The van der Waals surface area contributed by atoms with Crippen molar-refractivity contribution in [2.24, 2.45) is 0 Å². The van der Waals surface area contributed by atoms with E-state index in [1.165, 1.54) is 19.3 Å². The number of ether oxygens (including phenoxy) is 2. The molecule has 0 unspecified atom stereocenters. The fourth-order valence-electron chi connectivity index (χ4n) is 2.79. The molecular weight excluding hydrogens is 506 g/mol. The fourth-order valence-corrected chi connectivity index (χ4v) is 3.59. The predicted molar refractivity (Wildman–Crippen MR) is 132 cm³/mol. The van der Waals surface area contributed by atoms with E-state index >= 15 is 0 Å². The zero-order valence-electron chi connectivity index (χ0n) is 17.2. The van der Waals surface area contributed by atoms with Crippen LogP contribution in [0.2, 0.25) is 20.1 Å². The van der Waals surface area contributed by atoms with E-state index < -0.39 is 5.91 Å². The lowest BCUT2D eigenvalue weighted by Gasteiger charge is -2.12. The first kappa shape index (κ1) is 24.8. The van der Waals surface area contributed by atoms with Gasteiger partial charge in [-0.2, -0.15) is 5.26 Å². The number of nitriles is 1. The number of amides is 1. The lowest BCUT2D eigenvalue weighted by atomic mass is 10.1. The average Bonchev–Trinajstić information content (AvgIpc) is 2.79. The van der Waals surface area contributed by atoms with Gasteiger partial charge in [-0.25, -0.2) is 0 Å². The highest BCUT2D eigenvalue weighted by Gasteiger charge is 2.13. The van der Waals surface area contributed by atoms with Crippen molar-refractivity contribution < 1.29 is 14.3 Å². The van der Waals surface area contributed by atoms with E-state index in [1.807, 2.05) is 6.07 Å². The van der Waals surface area contributed by atoms with E-state index in [2.05, 4.69) is 5.32 Å². The maximum atomic E-state index is 12.6. The predicted octanol–water partition coefficient (Wildman–Crippen LogP) is 7.43. The van der Waals surface area contributed by atoms with Gasteiger partial charge in [-0.1, -0.05) is 58.5 Å². The third-order valence-electron chi connectivity index (χ3n) is 4.44. The largest absolute Gasteiger partial charge is 0.493 e. The fraction of sp³-hybridized carbons (Fsp3) is 0.0833. The number of nitrogens with one attached hydrogen (secondary N) is 1. The molecule has 0 aliphatic carbocycles. The summed E-state index contributed by atoms with van der Waals surface area (Å²) in [6.07, 6.45) is 1.43. The van der Waals surface area contributed by atoms with Gasteiger partial charge in [-0.05, 0) is 54.1 Å². The molecule has 33 heavy (non-hydrogen) atoms. The van der Waals surface area contributed by atoms with Crippen LogP contribution < -0.4 is 14.8 Å². The van der Waals surface area contributed by atoms with Crippen LogP contribution in [0.5, 0.6) is 11.5 Å². The monoisotopic (exact) mass is 520 g/mol. The molecule has 9 heteroatoms. The number of carbonyl (C=O) groups excluding carboxylic acids is 1. The molecule has 0 saturated heterocycles. The molecule has 3 rings (SSSR count). The summed E-state index contributed by atoms with van der Waals surface area (Å²) in [6.45, 7) is 0.202. The number of carbonyl (C=O) groups is 1. The van der Waals surface area contributed by atoms with E-state index in [-0.39, 0.29) is 12.2 Å². The highest BCUT2D eigenvalue weighted by Crippen LogP contribution is 2.31. The molecule has 1 N–H and O–H groups in total. The Bertz CT molecular complexity index is 1270. The van der Waals surface area contributed by atoms with Crippen LogP contribution >= 0.6 is 46.4 Å². The Morgan fingerprint density at radius 1 is 0.970 bits per heavy atom. The maximum Gasteiger partial charge on any atom is 0.266 e. The molecule has 0 saturated carbocycles. The summed E-state index contributed by atoms with van der Waals surface area (Å²) in [5.74, 6) is 0.261. The number of hydrogen-bond acceptors (Lipinski definition) is 4. The summed E-state index contributed by atoms with van der Waals surface area (Å²) in [4.78, 5) is 12.6. The second-order valence-corrected chi connectivity index (χ2v) is 8.37.